The van der Waals surface area contributed by atoms with Crippen LogP contribution in [0.3, 0.4) is 0 Å². The third-order valence-corrected chi connectivity index (χ3v) is 5.33. The number of ketones is 1. The van der Waals surface area contributed by atoms with Crippen molar-refractivity contribution in [3.05, 3.63) is 101 Å². The molecule has 1 N–H and O–H groups in total. The molecule has 32 heavy (non-hydrogen) atoms. The topological polar surface area (TPSA) is 79.7 Å². The molecule has 162 valence electrons. The lowest BCUT2D eigenvalue weighted by Crippen LogP contribution is -2.29. The van der Waals surface area contributed by atoms with Gasteiger partial charge in [0, 0.05) is 24.5 Å². The van der Waals surface area contributed by atoms with Crippen molar-refractivity contribution < 1.29 is 19.4 Å². The number of hydrogen-bond acceptors (Lipinski definition) is 5. The van der Waals surface area contributed by atoms with Gasteiger partial charge in [0.2, 0.25) is 0 Å². The number of benzene rings is 2. The first-order chi connectivity index (χ1) is 15.6. The van der Waals surface area contributed by atoms with Gasteiger partial charge in [0.15, 0.2) is 0 Å². The van der Waals surface area contributed by atoms with Crippen molar-refractivity contribution in [2.75, 3.05) is 6.61 Å². The summed E-state index contributed by atoms with van der Waals surface area (Å²) in [5.41, 5.74) is 2.08. The van der Waals surface area contributed by atoms with Crippen LogP contribution in [0.25, 0.3) is 5.76 Å². The number of rotatable bonds is 7. The van der Waals surface area contributed by atoms with Gasteiger partial charge in [0.05, 0.1) is 18.2 Å². The van der Waals surface area contributed by atoms with Gasteiger partial charge in [-0.05, 0) is 47.9 Å². The summed E-state index contributed by atoms with van der Waals surface area (Å²) < 4.78 is 5.59. The van der Waals surface area contributed by atoms with E-state index in [0.717, 1.165) is 17.5 Å². The average molecular weight is 428 g/mol. The number of aliphatic hydroxyl groups excluding tert-OH is 1. The number of aliphatic hydroxyl groups is 1. The SMILES string of the molecule is CCCOc1ccc(/C(O)=C2\C(=O)C(=O)N(Cc3cccnc3)C2c2ccccc2)cc1. The van der Waals surface area contributed by atoms with Crippen LogP contribution in [0.2, 0.25) is 0 Å². The molecule has 1 amide bonds. The van der Waals surface area contributed by atoms with E-state index in [9.17, 15) is 14.7 Å². The molecule has 2 heterocycles. The second-order valence-corrected chi connectivity index (χ2v) is 7.57. The molecule has 0 spiro atoms. The fraction of sp³-hybridized carbons (Fsp3) is 0.192. The van der Waals surface area contributed by atoms with E-state index in [4.69, 9.17) is 4.74 Å². The maximum Gasteiger partial charge on any atom is 0.295 e. The normalized spacial score (nSPS) is 17.5. The predicted molar refractivity (Wildman–Crippen MR) is 121 cm³/mol. The summed E-state index contributed by atoms with van der Waals surface area (Å²) in [5.74, 6) is -0.869. The smallest absolute Gasteiger partial charge is 0.295 e. The van der Waals surface area contributed by atoms with Crippen molar-refractivity contribution in [3.63, 3.8) is 0 Å². The molecule has 0 radical (unpaired) electrons. The third-order valence-electron chi connectivity index (χ3n) is 5.33. The molecule has 1 aliphatic heterocycles. The van der Waals surface area contributed by atoms with Crippen molar-refractivity contribution in [2.45, 2.75) is 25.9 Å². The molecule has 1 fully saturated rings. The molecule has 0 aliphatic carbocycles. The number of aromatic nitrogens is 1. The van der Waals surface area contributed by atoms with Gasteiger partial charge < -0.3 is 14.7 Å². The molecule has 1 saturated heterocycles. The number of carbonyl (C=O) groups excluding carboxylic acids is 2. The molecule has 6 nitrogen and oxygen atoms in total. The molecule has 1 aliphatic rings. The molecule has 4 rings (SSSR count). The Morgan fingerprint density at radius 1 is 1.03 bits per heavy atom. The minimum Gasteiger partial charge on any atom is -0.507 e. The Kier molecular flexibility index (Phi) is 6.31. The van der Waals surface area contributed by atoms with Crippen molar-refractivity contribution in [3.8, 4) is 5.75 Å². The van der Waals surface area contributed by atoms with Crippen LogP contribution in [0.4, 0.5) is 0 Å². The van der Waals surface area contributed by atoms with Crippen LogP contribution < -0.4 is 4.74 Å². The first kappa shape index (κ1) is 21.3. The fourth-order valence-corrected chi connectivity index (χ4v) is 3.80. The van der Waals surface area contributed by atoms with Gasteiger partial charge in [-0.3, -0.25) is 14.6 Å². The molecule has 0 bridgehead atoms. The van der Waals surface area contributed by atoms with Crippen molar-refractivity contribution in [1.82, 2.24) is 9.88 Å². The maximum absolute atomic E-state index is 13.1. The second-order valence-electron chi connectivity index (χ2n) is 7.57. The highest BCUT2D eigenvalue weighted by molar-refractivity contribution is 6.46. The van der Waals surface area contributed by atoms with Crippen molar-refractivity contribution in [1.29, 1.82) is 0 Å². The summed E-state index contributed by atoms with van der Waals surface area (Å²) in [6.07, 6.45) is 4.20. The van der Waals surface area contributed by atoms with Gasteiger partial charge in [0.1, 0.15) is 11.5 Å². The number of likely N-dealkylation sites (tertiary alicyclic amines) is 1. The fourth-order valence-electron chi connectivity index (χ4n) is 3.80. The maximum atomic E-state index is 13.1. The van der Waals surface area contributed by atoms with Gasteiger partial charge in [-0.2, -0.15) is 0 Å². The van der Waals surface area contributed by atoms with E-state index in [1.54, 1.807) is 42.7 Å². The summed E-state index contributed by atoms with van der Waals surface area (Å²) in [6, 6.07) is 19.1. The van der Waals surface area contributed by atoms with E-state index in [-0.39, 0.29) is 17.9 Å². The Balaban J connectivity index is 1.76. The summed E-state index contributed by atoms with van der Waals surface area (Å²) >= 11 is 0. The van der Waals surface area contributed by atoms with E-state index in [1.807, 2.05) is 43.3 Å². The molecular weight excluding hydrogens is 404 g/mol. The molecule has 1 unspecified atom stereocenters. The van der Waals surface area contributed by atoms with Gasteiger partial charge in [0.25, 0.3) is 11.7 Å². The first-order valence-corrected chi connectivity index (χ1v) is 10.6. The Labute approximate surface area is 186 Å². The van der Waals surface area contributed by atoms with E-state index in [0.29, 0.717) is 17.9 Å². The number of hydrogen-bond donors (Lipinski definition) is 1. The number of ether oxygens (including phenoxy) is 1. The Bertz CT molecular complexity index is 1130. The van der Waals surface area contributed by atoms with E-state index in [2.05, 4.69) is 4.98 Å². The summed E-state index contributed by atoms with van der Waals surface area (Å²) in [5, 5.41) is 11.1. The summed E-state index contributed by atoms with van der Waals surface area (Å²) in [6.45, 7) is 2.83. The quantitative estimate of drug-likeness (QED) is 0.341. The molecule has 2 aromatic carbocycles. The largest absolute Gasteiger partial charge is 0.507 e. The Morgan fingerprint density at radius 2 is 1.78 bits per heavy atom. The zero-order valence-corrected chi connectivity index (χ0v) is 17.8. The van der Waals surface area contributed by atoms with E-state index < -0.39 is 17.7 Å². The number of carbonyl (C=O) groups is 2. The molecule has 6 heteroatoms. The van der Waals surface area contributed by atoms with Crippen LogP contribution in [0.5, 0.6) is 5.75 Å². The zero-order chi connectivity index (χ0) is 22.5. The number of amides is 1. The highest BCUT2D eigenvalue weighted by Gasteiger charge is 2.46. The monoisotopic (exact) mass is 428 g/mol. The van der Waals surface area contributed by atoms with Crippen molar-refractivity contribution >= 4 is 17.4 Å². The molecule has 1 aromatic heterocycles. The van der Waals surface area contributed by atoms with E-state index >= 15 is 0 Å². The average Bonchev–Trinajstić information content (AvgIpc) is 3.09. The highest BCUT2D eigenvalue weighted by Crippen LogP contribution is 2.40. The Morgan fingerprint density at radius 3 is 2.44 bits per heavy atom. The van der Waals surface area contributed by atoms with Crippen LogP contribution in [0.1, 0.15) is 36.1 Å². The Hall–Kier alpha value is -3.93. The minimum absolute atomic E-state index is 0.0762. The predicted octanol–water partition coefficient (Wildman–Crippen LogP) is 4.49. The minimum atomic E-state index is -0.702. The van der Waals surface area contributed by atoms with Crippen LogP contribution >= 0.6 is 0 Å². The number of Topliss-reactive ketones (excluding diaryl/α,β-unsaturated/α-hetero) is 1. The molecular formula is C26H24N2O4. The van der Waals surface area contributed by atoms with E-state index in [1.165, 1.54) is 4.90 Å². The van der Waals surface area contributed by atoms with Crippen LogP contribution in [-0.2, 0) is 16.1 Å². The third kappa shape index (κ3) is 4.25. The highest BCUT2D eigenvalue weighted by atomic mass is 16.5. The van der Waals surface area contributed by atoms with Gasteiger partial charge in [-0.25, -0.2) is 0 Å². The molecule has 3 aromatic rings. The van der Waals surface area contributed by atoms with Gasteiger partial charge in [-0.15, -0.1) is 0 Å². The van der Waals surface area contributed by atoms with Crippen LogP contribution in [0.15, 0.2) is 84.7 Å². The molecule has 0 saturated carbocycles. The number of nitrogens with zero attached hydrogens (tertiary/aromatic N) is 2. The summed E-state index contributed by atoms with van der Waals surface area (Å²) in [4.78, 5) is 31.7. The second kappa shape index (κ2) is 9.47. The standard InChI is InChI=1S/C26H24N2O4/c1-2-15-32-21-12-10-20(11-13-21)24(29)22-23(19-8-4-3-5-9-19)28(26(31)25(22)30)17-18-7-6-14-27-16-18/h3-14,16,23,29H,2,15,17H2,1H3/b24-22+. The van der Waals surface area contributed by atoms with Gasteiger partial charge in [-0.1, -0.05) is 43.3 Å². The first-order valence-electron chi connectivity index (χ1n) is 10.6. The lowest BCUT2D eigenvalue weighted by molar-refractivity contribution is -0.140. The molecule has 1 atom stereocenters. The van der Waals surface area contributed by atoms with Gasteiger partial charge >= 0.3 is 0 Å². The lowest BCUT2D eigenvalue weighted by Gasteiger charge is -2.25. The lowest BCUT2D eigenvalue weighted by atomic mass is 9.95. The zero-order valence-electron chi connectivity index (χ0n) is 17.8. The summed E-state index contributed by atoms with van der Waals surface area (Å²) in [7, 11) is 0. The number of pyridine rings is 1. The van der Waals surface area contributed by atoms with Crippen molar-refractivity contribution in [2.24, 2.45) is 0 Å². The van der Waals surface area contributed by atoms with Crippen LogP contribution in [-0.4, -0.2) is 33.3 Å². The van der Waals surface area contributed by atoms with Crippen LogP contribution in [0, 0.1) is 0 Å².